The molecule has 2 heterocycles. The molecule has 1 aromatic heterocycles. The number of methoxy groups -OCH3 is 1. The summed E-state index contributed by atoms with van der Waals surface area (Å²) in [5.74, 6) is 1.45. The van der Waals surface area contributed by atoms with Crippen LogP contribution in [0.4, 0.5) is 0 Å². The summed E-state index contributed by atoms with van der Waals surface area (Å²) in [5.41, 5.74) is 4.72. The third-order valence-electron chi connectivity index (χ3n) is 11.4. The van der Waals surface area contributed by atoms with E-state index in [4.69, 9.17) is 44.1 Å². The van der Waals surface area contributed by atoms with Crippen LogP contribution in [0.1, 0.15) is 115 Å². The van der Waals surface area contributed by atoms with E-state index in [9.17, 15) is 23.5 Å². The van der Waals surface area contributed by atoms with Gasteiger partial charge < -0.3 is 37.6 Å². The number of halogens is 1. The number of nitrogens with zero attached hydrogens (tertiary/aromatic N) is 7. The predicted octanol–water partition coefficient (Wildman–Crippen LogP) is 13.9. The van der Waals surface area contributed by atoms with E-state index in [1.165, 1.54) is 50.5 Å². The number of amides is 3. The van der Waals surface area contributed by atoms with Crippen molar-refractivity contribution in [2.24, 2.45) is 5.10 Å². The van der Waals surface area contributed by atoms with Crippen molar-refractivity contribution < 1.29 is 72.6 Å². The maximum Gasteiger partial charge on any atom is 0.344 e. The van der Waals surface area contributed by atoms with Gasteiger partial charge in [-0.15, -0.1) is 27.4 Å². The van der Waals surface area contributed by atoms with E-state index in [1.807, 2.05) is 86.5 Å². The second-order valence-corrected chi connectivity index (χ2v) is 24.0. The van der Waals surface area contributed by atoms with Crippen molar-refractivity contribution in [3.63, 3.8) is 0 Å². The van der Waals surface area contributed by atoms with E-state index in [1.54, 1.807) is 53.5 Å². The van der Waals surface area contributed by atoms with Crippen LogP contribution in [0.15, 0.2) is 121 Å². The maximum absolute atomic E-state index is 12.5. The summed E-state index contributed by atoms with van der Waals surface area (Å²) < 4.78 is 64.5. The number of benzene rings is 4. The molecule has 0 bridgehead atoms. The van der Waals surface area contributed by atoms with Gasteiger partial charge in [0.15, 0.2) is 11.8 Å². The molecule has 0 saturated carbocycles. The zero-order chi connectivity index (χ0) is 53.5. The molecule has 20 nitrogen and oxygen atoms in total. The average Bonchev–Trinajstić information content (AvgIpc) is 4.10. The molecule has 1 aliphatic heterocycles. The zero-order valence-electron chi connectivity index (χ0n) is 43.7. The summed E-state index contributed by atoms with van der Waals surface area (Å²) in [6.45, 7) is 2.65. The molecule has 1 N–H and O–H groups in total. The van der Waals surface area contributed by atoms with Gasteiger partial charge >= 0.3 is 22.0 Å². The van der Waals surface area contributed by atoms with Gasteiger partial charge in [-0.05, 0) is 109 Å². The predicted molar refractivity (Wildman–Crippen MR) is 348 cm³/mol. The first kappa shape index (κ1) is 92.5. The van der Waals surface area contributed by atoms with Crippen LogP contribution in [-0.4, -0.2) is 135 Å². The maximum atomic E-state index is 12.5. The van der Waals surface area contributed by atoms with E-state index in [2.05, 4.69) is 20.7 Å². The van der Waals surface area contributed by atoms with Crippen LogP contribution in [0, 0.1) is 0 Å². The number of imide groups is 1. The number of hydrogen-bond acceptors (Lipinski definition) is 17. The molecule has 4 aromatic carbocycles. The Labute approximate surface area is 525 Å². The first-order chi connectivity index (χ1) is 35.6. The third-order valence-corrected chi connectivity index (χ3v) is 16.7. The topological polar surface area (TPSA) is 215 Å². The van der Waals surface area contributed by atoms with Gasteiger partial charge in [0.2, 0.25) is 5.91 Å². The standard InChI is InChI=1S/C35H36N7O5PS.C15H27NO7P2.8CH4.ClH.Cm.Co/c1-40(48(2)49)37-23-27-12-16-30(17-13-27)47-22-21-46-29-14-10-26(11-15-29)18-19-36-33(43)25-41-24-28(38-39-41)7-5-6-20-42-34(44)31-8-3-4-9-32(31)35(42)45;1-19-15-8-6-14(7-9-15)10-11-16(12-24(17,20-2)21-3)13-25(18,22-4)23-5;;;;;;;;;;;/h3-4,8-17,21-24H,5-7,18-20,25H2,1-2H3;6-9H,10-13H2,1-5H3;8*1H4;1H;;/p+1/b22-21?,37-23+;;;;;;;;;;;;. The van der Waals surface area contributed by atoms with Crippen molar-refractivity contribution in [2.75, 3.05) is 81.5 Å². The quantitative estimate of drug-likeness (QED) is 0.0118. The Morgan fingerprint density at radius 1 is 0.694 bits per heavy atom. The number of hydrazone groups is 1. The molecule has 6 rings (SSSR count). The van der Waals surface area contributed by atoms with Gasteiger partial charge in [-0.3, -0.25) is 33.3 Å². The van der Waals surface area contributed by atoms with Crippen LogP contribution in [0.3, 0.4) is 0 Å². The molecule has 1 radical (unpaired) electrons. The Balaban J connectivity index is -0.000000295. The number of unbranched alkanes of at least 4 members (excludes halogenated alkanes) is 1. The minimum Gasteiger partial charge on any atom is -0.497 e. The summed E-state index contributed by atoms with van der Waals surface area (Å²) in [4.78, 5) is 40.4. The largest absolute Gasteiger partial charge is 0.497 e. The number of aromatic nitrogens is 3. The fraction of sp³-hybridized carbons (Fsp3) is 0.448. The van der Waals surface area contributed by atoms with E-state index in [-0.39, 0.29) is 125 Å². The van der Waals surface area contributed by atoms with Crippen molar-refractivity contribution in [3.8, 4) is 17.2 Å². The van der Waals surface area contributed by atoms with E-state index >= 15 is 0 Å². The first-order valence-electron chi connectivity index (χ1n) is 23.3. The first-order valence-corrected chi connectivity index (χ1v) is 29.5. The molecule has 0 spiro atoms. The van der Waals surface area contributed by atoms with E-state index in [0.29, 0.717) is 67.9 Å². The molecule has 1 unspecified atom stereocenters. The molecule has 3 amide bonds. The number of aryl methyl sites for hydroxylation is 1. The molecular formula is C58H97ClCmCoN8O12P3S+. The van der Waals surface area contributed by atoms with E-state index in [0.717, 1.165) is 34.6 Å². The summed E-state index contributed by atoms with van der Waals surface area (Å²) >= 11 is 5.22. The smallest absolute Gasteiger partial charge is 0.344 e. The Morgan fingerprint density at radius 2 is 1.15 bits per heavy atom. The average molecular weight is 1560 g/mol. The molecule has 0 saturated heterocycles. The van der Waals surface area contributed by atoms with Gasteiger partial charge in [0, 0.05) is 71.0 Å². The molecule has 27 heteroatoms. The fourth-order valence-electron chi connectivity index (χ4n) is 7.04. The molecule has 0 fully saturated rings. The van der Waals surface area contributed by atoms with Crippen LogP contribution in [0.2, 0.25) is 0 Å². The van der Waals surface area contributed by atoms with Crippen molar-refractivity contribution in [1.82, 2.24) is 34.9 Å². The Hall–Kier alpha value is -6.18. The summed E-state index contributed by atoms with van der Waals surface area (Å²) in [7, 11) is 2.13. The van der Waals surface area contributed by atoms with Crippen LogP contribution in [0.25, 0.3) is 0 Å². The number of fused-ring (bicyclic) bond motifs is 1. The number of carbonyl (C=O) groups excluding carboxylic acids is 3. The van der Waals surface area contributed by atoms with Crippen molar-refractivity contribution >= 4 is 70.2 Å². The second-order valence-electron chi connectivity index (χ2n) is 16.4. The molecule has 5 aromatic rings. The fourth-order valence-corrected chi connectivity index (χ4v) is 9.74. The van der Waals surface area contributed by atoms with Crippen LogP contribution >= 0.6 is 34.4 Å². The molecule has 1 aliphatic rings. The van der Waals surface area contributed by atoms with Crippen LogP contribution in [-0.2, 0) is 86.4 Å². The third kappa shape index (κ3) is 30.1. The summed E-state index contributed by atoms with van der Waals surface area (Å²) in [5, 5.41) is 15.4. The molecular weight excluding hydrogens is 1470 g/mol. The minimum atomic E-state index is -3.30. The summed E-state index contributed by atoms with van der Waals surface area (Å²) in [6.07, 6.45) is 9.73. The Kier molecular flexibility index (Phi) is 51.2. The van der Waals surface area contributed by atoms with E-state index < -0.39 is 22.0 Å². The van der Waals surface area contributed by atoms with Gasteiger partial charge in [-0.25, -0.2) is 4.68 Å². The Morgan fingerprint density at radius 3 is 1.61 bits per heavy atom. The van der Waals surface area contributed by atoms with Gasteiger partial charge in [-0.1, -0.05) is 101 Å². The molecule has 0 aliphatic carbocycles. The zero-order valence-corrected chi connectivity index (χ0v) is 52.0. The molecule has 85 heavy (non-hydrogen) atoms. The number of rotatable bonds is 29. The number of nitrogens with one attached hydrogen (secondary N) is 1. The minimum absolute atomic E-state index is 0. The normalized spacial score (nSPS) is 11.1. The van der Waals surface area contributed by atoms with Gasteiger partial charge in [0.25, 0.3) is 11.8 Å². The van der Waals surface area contributed by atoms with Gasteiger partial charge in [0.1, 0.15) is 55.6 Å². The Bertz CT molecular complexity index is 2730. The van der Waals surface area contributed by atoms with Crippen molar-refractivity contribution in [1.29, 1.82) is 0 Å². The molecule has 485 valence electrons. The number of carbonyl (C=O) groups is 3. The van der Waals surface area contributed by atoms with Gasteiger partial charge in [-0.2, -0.15) is 0 Å². The SMILES string of the molecule is C.C.C.C.C.C.C.C.CN(/N=C/c1ccc(OC=COc2ccc(CCNC(=O)Cn3cc(CCCCN4C(=O)c5ccccc5C4=O)nn3)cc2)cc1)[P+](C)=S.COc1ccc(CCN(CP(=O)(OC)OC)CP(=O)(OC)OC)cc1.Cl.[Cm].[Co]. The number of ether oxygens (including phenoxy) is 3. The van der Waals surface area contributed by atoms with Crippen molar-refractivity contribution in [3.05, 3.63) is 149 Å². The van der Waals surface area contributed by atoms with Crippen molar-refractivity contribution in [2.45, 2.75) is 98.1 Å². The number of hydrogen-bond donors (Lipinski definition) is 1. The summed E-state index contributed by atoms with van der Waals surface area (Å²) in [6, 6.07) is 29.6. The van der Waals surface area contributed by atoms with Crippen LogP contribution < -0.4 is 19.5 Å². The monoisotopic (exact) mass is 1560 g/mol. The van der Waals surface area contributed by atoms with Crippen LogP contribution in [0.5, 0.6) is 17.2 Å². The molecule has 1 atom stereocenters. The second kappa shape index (κ2) is 47.0. The van der Waals surface area contributed by atoms with Gasteiger partial charge in [0.05, 0.1) is 37.2 Å².